The molecule has 2 aliphatic heterocycles. The lowest BCUT2D eigenvalue weighted by Gasteiger charge is -2.24. The first-order valence-electron chi connectivity index (χ1n) is 14.5. The van der Waals surface area contributed by atoms with Gasteiger partial charge in [-0.3, -0.25) is 9.69 Å². The third-order valence-electron chi connectivity index (χ3n) is 8.84. The minimum absolute atomic E-state index is 0.0532. The first-order valence-corrected chi connectivity index (χ1v) is 14.5. The van der Waals surface area contributed by atoms with Crippen LogP contribution in [-0.4, -0.2) is 50.4 Å². The number of hydrogen-bond acceptors (Lipinski definition) is 8. The standard InChI is InChI=1S/C34H31N5O4/c1-19-23(24-8-5-10-26(20(24)2)33-36-27-14-21(18-40)13-22(15-35)31(27)43-33)7-4-9-25(19)32-37-28-16-39(17-30(28)42-32)34(41)29-11-6-12-38(29)3/h4-5,7-10,13-14,29,40H,6,11-12,16-18H2,1-3H3. The van der Waals surface area contributed by atoms with Gasteiger partial charge in [-0.2, -0.15) is 5.26 Å². The minimum Gasteiger partial charge on any atom is -0.439 e. The topological polar surface area (TPSA) is 120 Å². The number of benzene rings is 3. The average molecular weight is 574 g/mol. The summed E-state index contributed by atoms with van der Waals surface area (Å²) in [4.78, 5) is 26.6. The molecule has 9 heteroatoms. The monoisotopic (exact) mass is 573 g/mol. The molecule has 0 aliphatic carbocycles. The number of carbonyl (C=O) groups is 1. The molecule has 1 atom stereocenters. The molecule has 0 radical (unpaired) electrons. The highest BCUT2D eigenvalue weighted by molar-refractivity contribution is 5.86. The molecule has 1 unspecified atom stereocenters. The van der Waals surface area contributed by atoms with Crippen LogP contribution < -0.4 is 0 Å². The first kappa shape index (κ1) is 27.1. The van der Waals surface area contributed by atoms with Crippen LogP contribution in [0.25, 0.3) is 45.1 Å². The highest BCUT2D eigenvalue weighted by atomic mass is 16.4. The Morgan fingerprint density at radius 2 is 1.67 bits per heavy atom. The quantitative estimate of drug-likeness (QED) is 0.283. The average Bonchev–Trinajstić information content (AvgIpc) is 3.80. The zero-order valence-electron chi connectivity index (χ0n) is 24.3. The fourth-order valence-electron chi connectivity index (χ4n) is 6.44. The van der Waals surface area contributed by atoms with Crippen molar-refractivity contribution in [2.75, 3.05) is 13.6 Å². The van der Waals surface area contributed by atoms with Crippen LogP contribution in [-0.2, 0) is 24.5 Å². The molecular formula is C34H31N5O4. The van der Waals surface area contributed by atoms with Crippen LogP contribution >= 0.6 is 0 Å². The Hall–Kier alpha value is -4.78. The van der Waals surface area contributed by atoms with Crippen molar-refractivity contribution in [1.29, 1.82) is 5.26 Å². The van der Waals surface area contributed by atoms with Gasteiger partial charge in [0.15, 0.2) is 5.58 Å². The van der Waals surface area contributed by atoms with E-state index in [1.807, 2.05) is 43.1 Å². The van der Waals surface area contributed by atoms with E-state index in [1.165, 1.54) is 0 Å². The van der Waals surface area contributed by atoms with Gasteiger partial charge >= 0.3 is 0 Å². The molecular weight excluding hydrogens is 542 g/mol. The van der Waals surface area contributed by atoms with Gasteiger partial charge in [0, 0.05) is 11.1 Å². The van der Waals surface area contributed by atoms with Crippen molar-refractivity contribution in [1.82, 2.24) is 19.8 Å². The Morgan fingerprint density at radius 1 is 1.00 bits per heavy atom. The second kappa shape index (κ2) is 10.5. The van der Waals surface area contributed by atoms with Crippen molar-refractivity contribution >= 4 is 17.0 Å². The van der Waals surface area contributed by atoms with Crippen molar-refractivity contribution in [3.8, 4) is 40.1 Å². The van der Waals surface area contributed by atoms with Crippen LogP contribution in [0, 0.1) is 25.2 Å². The summed E-state index contributed by atoms with van der Waals surface area (Å²) in [6.45, 7) is 5.79. The van der Waals surface area contributed by atoms with E-state index in [0.29, 0.717) is 47.1 Å². The van der Waals surface area contributed by atoms with Crippen LogP contribution in [0.1, 0.15) is 46.5 Å². The molecule has 0 bridgehead atoms. The summed E-state index contributed by atoms with van der Waals surface area (Å²) < 4.78 is 12.4. The number of hydrogen-bond donors (Lipinski definition) is 1. The van der Waals surface area contributed by atoms with E-state index in [2.05, 4.69) is 35.0 Å². The SMILES string of the molecule is Cc1c(-c2nc3c(o2)CN(C(=O)C2CCCN2C)C3)cccc1-c1cccc(-c2nc3cc(CO)cc(C#N)c3o2)c1C. The summed E-state index contributed by atoms with van der Waals surface area (Å²) in [5.41, 5.74) is 8.51. The number of amides is 1. The van der Waals surface area contributed by atoms with Gasteiger partial charge in [-0.15, -0.1) is 0 Å². The highest BCUT2D eigenvalue weighted by Gasteiger charge is 2.36. The molecule has 2 aliphatic rings. The van der Waals surface area contributed by atoms with Gasteiger partial charge in [0.25, 0.3) is 0 Å². The summed E-state index contributed by atoms with van der Waals surface area (Å²) in [5.74, 6) is 1.89. The van der Waals surface area contributed by atoms with E-state index in [0.717, 1.165) is 64.2 Å². The van der Waals surface area contributed by atoms with E-state index in [-0.39, 0.29) is 18.6 Å². The molecule has 0 spiro atoms. The van der Waals surface area contributed by atoms with E-state index in [1.54, 1.807) is 12.1 Å². The number of rotatable bonds is 5. The smallest absolute Gasteiger partial charge is 0.240 e. The van der Waals surface area contributed by atoms with E-state index < -0.39 is 0 Å². The number of likely N-dealkylation sites (tertiary alicyclic amines) is 1. The van der Waals surface area contributed by atoms with Gasteiger partial charge in [-0.05, 0) is 92.4 Å². The Bertz CT molecular complexity index is 1920. The number of nitrogens with zero attached hydrogens (tertiary/aromatic N) is 5. The molecule has 0 saturated carbocycles. The molecule has 3 aromatic carbocycles. The van der Waals surface area contributed by atoms with Gasteiger partial charge < -0.3 is 18.8 Å². The van der Waals surface area contributed by atoms with Crippen LogP contribution in [0.4, 0.5) is 0 Å². The first-order chi connectivity index (χ1) is 20.9. The molecule has 1 N–H and O–H groups in total. The molecule has 4 heterocycles. The summed E-state index contributed by atoms with van der Waals surface area (Å²) in [6.07, 6.45) is 1.95. The maximum absolute atomic E-state index is 13.1. The van der Waals surface area contributed by atoms with Crippen molar-refractivity contribution in [2.24, 2.45) is 0 Å². The van der Waals surface area contributed by atoms with Crippen LogP contribution in [0.2, 0.25) is 0 Å². The maximum Gasteiger partial charge on any atom is 0.240 e. The highest BCUT2D eigenvalue weighted by Crippen LogP contribution is 2.39. The fraction of sp³-hybridized carbons (Fsp3) is 0.294. The predicted octanol–water partition coefficient (Wildman–Crippen LogP) is 5.73. The summed E-state index contributed by atoms with van der Waals surface area (Å²) in [5, 5.41) is 19.2. The fourth-order valence-corrected chi connectivity index (χ4v) is 6.44. The normalized spacial score (nSPS) is 16.6. The third kappa shape index (κ3) is 4.51. The van der Waals surface area contributed by atoms with Gasteiger partial charge in [0.2, 0.25) is 17.7 Å². The molecule has 9 nitrogen and oxygen atoms in total. The Labute approximate surface area is 249 Å². The van der Waals surface area contributed by atoms with Crippen LogP contribution in [0.3, 0.4) is 0 Å². The second-order valence-electron chi connectivity index (χ2n) is 11.5. The summed E-state index contributed by atoms with van der Waals surface area (Å²) in [7, 11) is 2.01. The van der Waals surface area contributed by atoms with E-state index in [4.69, 9.17) is 13.8 Å². The number of aliphatic hydroxyl groups excluding tert-OH is 1. The largest absolute Gasteiger partial charge is 0.439 e. The molecule has 1 saturated heterocycles. The van der Waals surface area contributed by atoms with Gasteiger partial charge in [-0.1, -0.05) is 24.3 Å². The number of fused-ring (bicyclic) bond motifs is 2. The molecule has 216 valence electrons. The van der Waals surface area contributed by atoms with Gasteiger partial charge in [0.05, 0.1) is 31.3 Å². The second-order valence-corrected chi connectivity index (χ2v) is 11.5. The number of aromatic nitrogens is 2. The minimum atomic E-state index is -0.182. The van der Waals surface area contributed by atoms with E-state index >= 15 is 0 Å². The molecule has 1 amide bonds. The maximum atomic E-state index is 13.1. The number of carbonyl (C=O) groups excluding carboxylic acids is 1. The number of likely N-dealkylation sites (N-methyl/N-ethyl adjacent to an activating group) is 1. The third-order valence-corrected chi connectivity index (χ3v) is 8.84. The van der Waals surface area contributed by atoms with Gasteiger partial charge in [-0.25, -0.2) is 9.97 Å². The Balaban J connectivity index is 1.20. The van der Waals surface area contributed by atoms with Crippen LogP contribution in [0.15, 0.2) is 57.4 Å². The zero-order chi connectivity index (χ0) is 29.8. The lowest BCUT2D eigenvalue weighted by atomic mass is 9.91. The number of oxazole rings is 2. The van der Waals surface area contributed by atoms with Crippen molar-refractivity contribution in [3.05, 3.63) is 82.2 Å². The summed E-state index contributed by atoms with van der Waals surface area (Å²) >= 11 is 0. The van der Waals surface area contributed by atoms with Crippen LogP contribution in [0.5, 0.6) is 0 Å². The lowest BCUT2D eigenvalue weighted by Crippen LogP contribution is -2.42. The summed E-state index contributed by atoms with van der Waals surface area (Å²) in [6, 6.07) is 17.5. The molecule has 7 rings (SSSR count). The number of aliphatic hydroxyl groups is 1. The van der Waals surface area contributed by atoms with Crippen molar-refractivity contribution in [2.45, 2.75) is 52.4 Å². The molecule has 5 aromatic rings. The van der Waals surface area contributed by atoms with Crippen molar-refractivity contribution < 1.29 is 18.7 Å². The van der Waals surface area contributed by atoms with E-state index in [9.17, 15) is 15.2 Å². The Morgan fingerprint density at radius 3 is 2.28 bits per heavy atom. The predicted molar refractivity (Wildman–Crippen MR) is 160 cm³/mol. The molecule has 1 fully saturated rings. The molecule has 2 aromatic heterocycles. The number of nitriles is 1. The van der Waals surface area contributed by atoms with Gasteiger partial charge in [0.1, 0.15) is 23.0 Å². The molecule has 43 heavy (non-hydrogen) atoms. The Kier molecular flexibility index (Phi) is 6.61. The van der Waals surface area contributed by atoms with Crippen molar-refractivity contribution in [3.63, 3.8) is 0 Å². The lowest BCUT2D eigenvalue weighted by molar-refractivity contribution is -0.136. The zero-order valence-corrected chi connectivity index (χ0v) is 24.3.